The highest BCUT2D eigenvalue weighted by Crippen LogP contribution is 2.33. The second-order valence-corrected chi connectivity index (χ2v) is 6.98. The van der Waals surface area contributed by atoms with Crippen LogP contribution in [-0.4, -0.2) is 41.0 Å². The van der Waals surface area contributed by atoms with Gasteiger partial charge in [0.25, 0.3) is 0 Å². The average molecular weight is 396 g/mol. The molecule has 0 saturated carbocycles. The summed E-state index contributed by atoms with van der Waals surface area (Å²) in [6, 6.07) is 12.4. The van der Waals surface area contributed by atoms with Crippen molar-refractivity contribution in [3.63, 3.8) is 0 Å². The molecule has 1 aliphatic rings. The zero-order valence-electron chi connectivity index (χ0n) is 15.8. The molecule has 1 aromatic heterocycles. The fraction of sp³-hybridized carbons (Fsp3) is 0.238. The van der Waals surface area contributed by atoms with E-state index >= 15 is 0 Å². The lowest BCUT2D eigenvalue weighted by Gasteiger charge is -2.39. The van der Waals surface area contributed by atoms with Crippen LogP contribution in [0.5, 0.6) is 0 Å². The number of benzene rings is 2. The maximum atomic E-state index is 13.3. The molecule has 0 spiro atoms. The predicted molar refractivity (Wildman–Crippen MR) is 109 cm³/mol. The van der Waals surface area contributed by atoms with Gasteiger partial charge in [-0.25, -0.2) is 18.7 Å². The molecule has 3 aromatic rings. The molecule has 150 valence electrons. The third-order valence-corrected chi connectivity index (χ3v) is 5.21. The van der Waals surface area contributed by atoms with Crippen LogP contribution in [0.2, 0.25) is 0 Å². The summed E-state index contributed by atoms with van der Waals surface area (Å²) in [6.45, 7) is 2.82. The van der Waals surface area contributed by atoms with Crippen molar-refractivity contribution < 1.29 is 8.78 Å². The van der Waals surface area contributed by atoms with E-state index in [1.165, 1.54) is 30.6 Å². The maximum absolute atomic E-state index is 13.3. The van der Waals surface area contributed by atoms with E-state index in [4.69, 9.17) is 11.5 Å². The first-order chi connectivity index (χ1) is 14.0. The van der Waals surface area contributed by atoms with E-state index in [1.54, 1.807) is 24.3 Å². The van der Waals surface area contributed by atoms with E-state index in [-0.39, 0.29) is 17.8 Å². The molecule has 4 N–H and O–H groups in total. The number of nitrogens with zero attached hydrogens (tertiary/aromatic N) is 4. The molecule has 0 bridgehead atoms. The van der Waals surface area contributed by atoms with Crippen LogP contribution in [0.25, 0.3) is 11.1 Å². The van der Waals surface area contributed by atoms with E-state index in [1.807, 2.05) is 0 Å². The second-order valence-electron chi connectivity index (χ2n) is 6.98. The summed E-state index contributed by atoms with van der Waals surface area (Å²) in [7, 11) is 0. The van der Waals surface area contributed by atoms with Crippen LogP contribution in [0, 0.1) is 11.6 Å². The number of hydrogen-bond acceptors (Lipinski definition) is 6. The van der Waals surface area contributed by atoms with Gasteiger partial charge in [0.1, 0.15) is 29.6 Å². The van der Waals surface area contributed by atoms with Crippen LogP contribution in [0.3, 0.4) is 0 Å². The van der Waals surface area contributed by atoms with Crippen molar-refractivity contribution in [1.29, 1.82) is 0 Å². The average Bonchev–Trinajstić information content (AvgIpc) is 2.75. The molecular weight excluding hydrogens is 374 g/mol. The van der Waals surface area contributed by atoms with Gasteiger partial charge < -0.3 is 16.4 Å². The molecule has 29 heavy (non-hydrogen) atoms. The lowest BCUT2D eigenvalue weighted by Crippen LogP contribution is -2.50. The minimum absolute atomic E-state index is 0.277. The molecule has 1 fully saturated rings. The van der Waals surface area contributed by atoms with E-state index in [9.17, 15) is 8.78 Å². The van der Waals surface area contributed by atoms with Crippen LogP contribution in [0.15, 0.2) is 54.9 Å². The first kappa shape index (κ1) is 19.2. The molecule has 6 nitrogen and oxygen atoms in total. The smallest absolute Gasteiger partial charge is 0.142 e. The van der Waals surface area contributed by atoms with Crippen molar-refractivity contribution in [2.24, 2.45) is 5.73 Å². The number of piperazine rings is 1. The number of rotatable bonds is 4. The Labute approximate surface area is 167 Å². The molecule has 1 aliphatic heterocycles. The van der Waals surface area contributed by atoms with Crippen LogP contribution in [0.4, 0.5) is 20.4 Å². The SMILES string of the molecule is Nc1ncnc(N2CCN(C(N)c3ccc(F)cc3)CC2)c1-c1ccc(F)cc1. The van der Waals surface area contributed by atoms with Crippen molar-refractivity contribution in [3.05, 3.63) is 72.1 Å². The third-order valence-electron chi connectivity index (χ3n) is 5.21. The molecular formula is C21H22F2N6. The van der Waals surface area contributed by atoms with Gasteiger partial charge in [0.2, 0.25) is 0 Å². The standard InChI is InChI=1S/C21H22F2N6/c22-16-5-1-14(2-6-16)18-19(24)26-13-27-21(18)29-11-9-28(10-12-29)20(25)15-3-7-17(23)8-4-15/h1-8,13,20H,9-12,25H2,(H2,24,26,27). The quantitative estimate of drug-likeness (QED) is 0.706. The Morgan fingerprint density at radius 1 is 0.828 bits per heavy atom. The predicted octanol–water partition coefficient (Wildman–Crippen LogP) is 2.78. The first-order valence-corrected chi connectivity index (χ1v) is 9.39. The zero-order chi connectivity index (χ0) is 20.4. The molecule has 1 saturated heterocycles. The van der Waals surface area contributed by atoms with Gasteiger partial charge in [-0.15, -0.1) is 0 Å². The molecule has 0 radical (unpaired) electrons. The molecule has 8 heteroatoms. The van der Waals surface area contributed by atoms with Crippen LogP contribution >= 0.6 is 0 Å². The van der Waals surface area contributed by atoms with Crippen LogP contribution in [-0.2, 0) is 0 Å². The zero-order valence-corrected chi connectivity index (χ0v) is 15.8. The Bertz CT molecular complexity index is 969. The van der Waals surface area contributed by atoms with Gasteiger partial charge in [-0.05, 0) is 35.4 Å². The van der Waals surface area contributed by atoms with Gasteiger partial charge in [0.05, 0.1) is 11.7 Å². The number of anilines is 2. The fourth-order valence-corrected chi connectivity index (χ4v) is 3.61. The highest BCUT2D eigenvalue weighted by atomic mass is 19.1. The second kappa shape index (κ2) is 8.10. The number of hydrogen-bond donors (Lipinski definition) is 2. The minimum Gasteiger partial charge on any atom is -0.383 e. The monoisotopic (exact) mass is 396 g/mol. The Hall–Kier alpha value is -3.10. The van der Waals surface area contributed by atoms with E-state index in [0.717, 1.165) is 16.9 Å². The van der Waals surface area contributed by atoms with E-state index < -0.39 is 0 Å². The number of nitrogens with two attached hydrogens (primary N) is 2. The molecule has 0 aliphatic carbocycles. The van der Waals surface area contributed by atoms with Gasteiger partial charge in [-0.3, -0.25) is 4.90 Å². The summed E-state index contributed by atoms with van der Waals surface area (Å²) < 4.78 is 26.5. The summed E-state index contributed by atoms with van der Waals surface area (Å²) in [5.74, 6) is 0.487. The largest absolute Gasteiger partial charge is 0.383 e. The Kier molecular flexibility index (Phi) is 5.37. The highest BCUT2D eigenvalue weighted by molar-refractivity contribution is 5.84. The Morgan fingerprint density at radius 2 is 1.41 bits per heavy atom. The minimum atomic E-state index is -0.311. The van der Waals surface area contributed by atoms with Gasteiger partial charge >= 0.3 is 0 Å². The topological polar surface area (TPSA) is 84.3 Å². The third kappa shape index (κ3) is 4.03. The van der Waals surface area contributed by atoms with Crippen molar-refractivity contribution >= 4 is 11.6 Å². The van der Waals surface area contributed by atoms with Crippen molar-refractivity contribution in [3.8, 4) is 11.1 Å². The van der Waals surface area contributed by atoms with Gasteiger partial charge in [0, 0.05) is 26.2 Å². The summed E-state index contributed by atoms with van der Waals surface area (Å²) >= 11 is 0. The van der Waals surface area contributed by atoms with Gasteiger partial charge in [-0.2, -0.15) is 0 Å². The van der Waals surface area contributed by atoms with Crippen molar-refractivity contribution in [1.82, 2.24) is 14.9 Å². The van der Waals surface area contributed by atoms with Crippen molar-refractivity contribution in [2.75, 3.05) is 36.8 Å². The molecule has 0 amide bonds. The molecule has 2 aromatic carbocycles. The summed E-state index contributed by atoms with van der Waals surface area (Å²) in [4.78, 5) is 12.8. The molecule has 4 rings (SSSR count). The summed E-state index contributed by atoms with van der Waals surface area (Å²) in [5, 5.41) is 0. The number of halogens is 2. The molecule has 2 heterocycles. The number of aromatic nitrogens is 2. The lowest BCUT2D eigenvalue weighted by molar-refractivity contribution is 0.189. The van der Waals surface area contributed by atoms with E-state index in [0.29, 0.717) is 37.6 Å². The lowest BCUT2D eigenvalue weighted by atomic mass is 10.1. The van der Waals surface area contributed by atoms with Crippen molar-refractivity contribution in [2.45, 2.75) is 6.17 Å². The molecule has 1 unspecified atom stereocenters. The molecule has 1 atom stereocenters. The highest BCUT2D eigenvalue weighted by Gasteiger charge is 2.25. The van der Waals surface area contributed by atoms with Gasteiger partial charge in [0.15, 0.2) is 0 Å². The van der Waals surface area contributed by atoms with Crippen LogP contribution in [0.1, 0.15) is 11.7 Å². The Balaban J connectivity index is 1.52. The Morgan fingerprint density at radius 3 is 2.03 bits per heavy atom. The van der Waals surface area contributed by atoms with Gasteiger partial charge in [-0.1, -0.05) is 24.3 Å². The first-order valence-electron chi connectivity index (χ1n) is 9.39. The van der Waals surface area contributed by atoms with E-state index in [2.05, 4.69) is 19.8 Å². The van der Waals surface area contributed by atoms with Crippen LogP contribution < -0.4 is 16.4 Å². The maximum Gasteiger partial charge on any atom is 0.142 e. The normalized spacial score (nSPS) is 16.0. The summed E-state index contributed by atoms with van der Waals surface area (Å²) in [6.07, 6.45) is 1.14. The number of nitrogen functional groups attached to an aromatic ring is 1. The fourth-order valence-electron chi connectivity index (χ4n) is 3.61. The summed E-state index contributed by atoms with van der Waals surface area (Å²) in [5.41, 5.74) is 14.8.